The molecule has 0 atom stereocenters. The second-order valence-corrected chi connectivity index (χ2v) is 1.22. The van der Waals surface area contributed by atoms with Gasteiger partial charge in [-0.1, -0.05) is 0 Å². The van der Waals surface area contributed by atoms with Gasteiger partial charge in [-0.05, 0) is 0 Å². The van der Waals surface area contributed by atoms with Crippen LogP contribution in [-0.2, 0) is 10.4 Å². The Kier molecular flexibility index (Phi) is 12.4. The summed E-state index contributed by atoms with van der Waals surface area (Å²) in [5.74, 6) is 0. The molecule has 0 aromatic heterocycles. The molecule has 7 heteroatoms. The van der Waals surface area contributed by atoms with Crippen LogP contribution in [0.15, 0.2) is 0 Å². The maximum Gasteiger partial charge on any atom is 2.00 e. The molecule has 0 aromatic carbocycles. The quantitative estimate of drug-likeness (QED) is 0.256. The predicted molar refractivity (Wildman–Crippen MR) is 16.2 cm³/mol. The van der Waals surface area contributed by atoms with E-state index in [1.165, 1.54) is 0 Å². The average molecular weight is 310 g/mol. The molecule has 0 aliphatic heterocycles. The van der Waals surface area contributed by atoms with Crippen molar-refractivity contribution in [2.45, 2.75) is 0 Å². The average Bonchev–Trinajstić information content (AvgIpc) is 0.722. The van der Waals surface area contributed by atoms with Crippen LogP contribution >= 0.6 is 0 Å². The monoisotopic (exact) mass is 311 g/mol. The third-order valence-corrected chi connectivity index (χ3v) is 0. The van der Waals surface area contributed by atoms with Crippen LogP contribution in [0.2, 0.25) is 0 Å². The van der Waals surface area contributed by atoms with Crippen LogP contribution in [0.1, 0.15) is 0 Å². The minimum atomic E-state index is -5.17. The summed E-state index contributed by atoms with van der Waals surface area (Å²) < 4.78 is 34.1. The fraction of sp³-hybridized carbons (Fsp3) is 0. The van der Waals surface area contributed by atoms with Gasteiger partial charge in [-0.25, -0.2) is 0 Å². The van der Waals surface area contributed by atoms with E-state index in [0.717, 1.165) is 0 Å². The van der Waals surface area contributed by atoms with E-state index in [-0.39, 0.29) is 46.2 Å². The van der Waals surface area contributed by atoms with Gasteiger partial charge in [0.2, 0.25) is 0 Å². The van der Waals surface area contributed by atoms with E-state index in [2.05, 4.69) is 0 Å². The van der Waals surface area contributed by atoms with Crippen LogP contribution in [0.4, 0.5) is 0 Å². The number of hydrogen-bond donors (Lipinski definition) is 0. The first-order chi connectivity index (χ1) is 2.00. The largest absolute Gasteiger partial charge is 2.00 e. The third kappa shape index (κ3) is 111. The van der Waals surface area contributed by atoms with Crippen LogP contribution < -0.4 is 18.9 Å². The van der Waals surface area contributed by atoms with Crippen LogP contribution in [0.5, 0.6) is 0 Å². The summed E-state index contributed by atoms with van der Waals surface area (Å²) in [5.41, 5.74) is 0. The molecule has 0 rings (SSSR count). The fourth-order valence-corrected chi connectivity index (χ4v) is 0. The Morgan fingerprint density at radius 1 is 1.14 bits per heavy atom. The van der Waals surface area contributed by atoms with Gasteiger partial charge in [0.1, 0.15) is 0 Å². The maximum absolute atomic E-state index is 8.52. The van der Waals surface area contributed by atoms with Crippen molar-refractivity contribution in [2.24, 2.45) is 0 Å². The predicted octanol–water partition coefficient (Wildman–Crippen LogP) is -4.71. The van der Waals surface area contributed by atoms with Gasteiger partial charge >= 0.3 is 46.2 Å². The molecule has 2 radical (unpaired) electrons. The van der Waals surface area contributed by atoms with Crippen molar-refractivity contribution >= 4 is 37.7 Å². The first-order valence-electron chi connectivity index (χ1n) is 0.667. The zero-order valence-corrected chi connectivity index (χ0v) is 8.25. The van der Waals surface area contributed by atoms with Crippen molar-refractivity contribution in [3.05, 3.63) is 0 Å². The molecule has 4 nitrogen and oxygen atoms in total. The summed E-state index contributed by atoms with van der Waals surface area (Å²) in [4.78, 5) is 0. The van der Waals surface area contributed by atoms with E-state index in [9.17, 15) is 0 Å². The molecule has 0 saturated carbocycles. The van der Waals surface area contributed by atoms with Gasteiger partial charge in [0.15, 0.2) is 0 Å². The van der Waals surface area contributed by atoms with Crippen LogP contribution in [0.3, 0.4) is 0 Å². The fourth-order valence-electron chi connectivity index (χ4n) is 0. The van der Waals surface area contributed by atoms with Crippen LogP contribution in [0, 0.1) is 0 Å². The molecule has 0 fully saturated rings. The molecule has 0 aromatic rings. The first-order valence-corrected chi connectivity index (χ1v) is 2.00. The minimum absolute atomic E-state index is 0. The number of rotatable bonds is 0. The van der Waals surface area contributed by atoms with E-state index < -0.39 is 10.4 Å². The van der Waals surface area contributed by atoms with Gasteiger partial charge in [-0.2, -0.15) is 0 Å². The second-order valence-electron chi connectivity index (χ2n) is 0.408. The third-order valence-electron chi connectivity index (χ3n) is 0. The molecule has 0 bridgehead atoms. The van der Waals surface area contributed by atoms with Gasteiger partial charge in [-0.3, -0.25) is 8.42 Å². The molecule has 0 spiro atoms. The van der Waals surface area contributed by atoms with E-state index in [1.54, 1.807) is 0 Å². The summed E-state index contributed by atoms with van der Waals surface area (Å²) in [7, 11) is -5.17. The molecular weight excluding hydrogens is 310 g/mol. The Bertz CT molecular complexity index is 94.9. The second kappa shape index (κ2) is 5.52. The van der Waals surface area contributed by atoms with Crippen molar-refractivity contribution in [2.75, 3.05) is 0 Å². The summed E-state index contributed by atoms with van der Waals surface area (Å²) in [6, 6.07) is 0. The molecule has 7 heavy (non-hydrogen) atoms. The van der Waals surface area contributed by atoms with Gasteiger partial charge in [0, 0.05) is 10.4 Å². The molecule has 34 valence electrons. The maximum atomic E-state index is 8.52. The van der Waals surface area contributed by atoms with Crippen molar-refractivity contribution in [1.82, 2.24) is 0 Å². The summed E-state index contributed by atoms with van der Waals surface area (Å²) in [6.45, 7) is 0. The summed E-state index contributed by atoms with van der Waals surface area (Å²) in [5, 5.41) is 0. The Balaban J connectivity index is -0.0000000800. The van der Waals surface area contributed by atoms with Crippen LogP contribution in [0.25, 0.3) is 0 Å². The Morgan fingerprint density at radius 2 is 1.14 bits per heavy atom. The van der Waals surface area contributed by atoms with Crippen LogP contribution in [-0.4, -0.2) is 44.8 Å². The van der Waals surface area contributed by atoms with E-state index in [1.807, 2.05) is 0 Å². The zero-order valence-electron chi connectivity index (χ0n) is 3.54. The molecule has 0 N–H and O–H groups in total. The normalized spacial score (nSPS) is 8.29. The Hall–Kier alpha value is 1.39. The van der Waals surface area contributed by atoms with E-state index in [4.69, 9.17) is 17.5 Å². The van der Waals surface area contributed by atoms with Crippen molar-refractivity contribution < 1.29 is 36.4 Å². The summed E-state index contributed by atoms with van der Waals surface area (Å²) >= 11 is 0. The standard InChI is InChI=1S/Li.H2O4S.Pb/c;1-5(2,3)4;/h;(H2,1,2,3,4);/q+1;;+2/p-2. The Labute approximate surface area is 73.6 Å². The van der Waals surface area contributed by atoms with Gasteiger partial charge in [0.25, 0.3) is 0 Å². The molecule has 0 amide bonds. The van der Waals surface area contributed by atoms with Crippen molar-refractivity contribution in [1.29, 1.82) is 0 Å². The molecular formula is LiO4PbS+. The smallest absolute Gasteiger partial charge is 0.759 e. The molecule has 0 saturated heterocycles. The minimum Gasteiger partial charge on any atom is -0.759 e. The Morgan fingerprint density at radius 3 is 1.14 bits per heavy atom. The molecule has 0 aliphatic rings. The van der Waals surface area contributed by atoms with E-state index in [0.29, 0.717) is 0 Å². The van der Waals surface area contributed by atoms with Crippen molar-refractivity contribution in [3.8, 4) is 0 Å². The van der Waals surface area contributed by atoms with E-state index >= 15 is 0 Å². The molecule has 0 heterocycles. The molecule has 0 unspecified atom stereocenters. The van der Waals surface area contributed by atoms with Gasteiger partial charge in [0.05, 0.1) is 0 Å². The van der Waals surface area contributed by atoms with Gasteiger partial charge < -0.3 is 9.11 Å². The SMILES string of the molecule is O=S(=O)([O-])[O-].[Li+].[Pb+2]. The molecule has 0 aliphatic carbocycles. The van der Waals surface area contributed by atoms with Gasteiger partial charge in [-0.15, -0.1) is 0 Å². The first kappa shape index (κ1) is 15.8. The van der Waals surface area contributed by atoms with Crippen molar-refractivity contribution in [3.63, 3.8) is 0 Å². The number of hydrogen-bond acceptors (Lipinski definition) is 4. The summed E-state index contributed by atoms with van der Waals surface area (Å²) in [6.07, 6.45) is 0. The topological polar surface area (TPSA) is 80.3 Å². The zero-order chi connectivity index (χ0) is 4.50.